The summed E-state index contributed by atoms with van der Waals surface area (Å²) in [6.45, 7) is 16.9. The Morgan fingerprint density at radius 2 is 1.51 bits per heavy atom. The number of rotatable bonds is 15. The molecule has 3 aliphatic rings. The molecule has 3 aliphatic heterocycles. The SMILES string of the molecule is CC[C@H](C)[C@H]1NC(=O)[C@@H](NC(=O)[C@@H](CC(C)C)N(C)C(=O)C2CCCN2S(C)(=O)=O)[C@@H](C)OC(=O)[C@H](Cc2ccc(OC)cc2)N(C)C(=O)[C@@H]2CCCN2C(=O)[C@H](CC(C)C)NC(=O)[C@@H](C)C(=O)[C@H](C(C)C)OC(=O)C[C@@H]1O. The fraction of sp³-hybridized carbons (Fsp3) is 0.727. The van der Waals surface area contributed by atoms with Gasteiger partial charge in [-0.2, -0.15) is 4.31 Å². The Labute approximate surface area is 460 Å². The maximum absolute atomic E-state index is 15.0. The topological polar surface area (TPSA) is 285 Å². The van der Waals surface area contributed by atoms with Gasteiger partial charge in [-0.3, -0.25) is 38.4 Å². The number of amides is 6. The van der Waals surface area contributed by atoms with Gasteiger partial charge in [-0.25, -0.2) is 13.2 Å². The van der Waals surface area contributed by atoms with Gasteiger partial charge in [-0.15, -0.1) is 0 Å². The molecule has 4 N–H and O–H groups in total. The van der Waals surface area contributed by atoms with Crippen LogP contribution < -0.4 is 20.7 Å². The Kier molecular flexibility index (Phi) is 23.7. The van der Waals surface area contributed by atoms with Crippen LogP contribution in [-0.2, 0) is 69.1 Å². The highest BCUT2D eigenvalue weighted by Crippen LogP contribution is 2.28. The van der Waals surface area contributed by atoms with Crippen LogP contribution in [0.2, 0.25) is 0 Å². The minimum Gasteiger partial charge on any atom is -0.497 e. The van der Waals surface area contributed by atoms with Crippen LogP contribution in [0.1, 0.15) is 126 Å². The quantitative estimate of drug-likeness (QED) is 0.145. The largest absolute Gasteiger partial charge is 0.497 e. The summed E-state index contributed by atoms with van der Waals surface area (Å²) in [6.07, 6.45) is -2.79. The van der Waals surface area contributed by atoms with Crippen molar-refractivity contribution >= 4 is 63.2 Å². The Hall–Kier alpha value is -5.68. The van der Waals surface area contributed by atoms with Gasteiger partial charge in [0.05, 0.1) is 37.9 Å². The normalized spacial score (nSPS) is 27.9. The first-order valence-electron chi connectivity index (χ1n) is 27.4. The number of aliphatic hydroxyl groups excluding tert-OH is 1. The Morgan fingerprint density at radius 3 is 2.08 bits per heavy atom. The third kappa shape index (κ3) is 16.7. The maximum Gasteiger partial charge on any atom is 0.329 e. The third-order valence-corrected chi connectivity index (χ3v) is 16.5. The summed E-state index contributed by atoms with van der Waals surface area (Å²) < 4.78 is 43.8. The molecule has 1 aromatic rings. The van der Waals surface area contributed by atoms with Crippen molar-refractivity contribution in [3.63, 3.8) is 0 Å². The van der Waals surface area contributed by atoms with Crippen LogP contribution in [-0.4, -0.2) is 187 Å². The number of nitrogens with one attached hydrogen (secondary N) is 3. The molecule has 3 heterocycles. The molecule has 0 aliphatic carbocycles. The second-order valence-corrected chi connectivity index (χ2v) is 24.6. The maximum atomic E-state index is 15.0. The first-order valence-corrected chi connectivity index (χ1v) is 29.2. The zero-order valence-electron chi connectivity index (χ0n) is 48.1. The summed E-state index contributed by atoms with van der Waals surface area (Å²) in [4.78, 5) is 134. The van der Waals surface area contributed by atoms with E-state index in [1.165, 1.54) is 44.9 Å². The van der Waals surface area contributed by atoms with Crippen LogP contribution in [0.3, 0.4) is 0 Å². The molecule has 78 heavy (non-hydrogen) atoms. The molecule has 23 heteroatoms. The molecule has 0 saturated carbocycles. The van der Waals surface area contributed by atoms with Crippen LogP contribution in [0.15, 0.2) is 24.3 Å². The summed E-state index contributed by atoms with van der Waals surface area (Å²) in [5, 5.41) is 20.0. The van der Waals surface area contributed by atoms with Crippen molar-refractivity contribution in [3.8, 4) is 5.75 Å². The molecular weight excluding hydrogens is 1030 g/mol. The van der Waals surface area contributed by atoms with E-state index < -0.39 is 148 Å². The van der Waals surface area contributed by atoms with E-state index in [1.54, 1.807) is 52.0 Å². The lowest BCUT2D eigenvalue weighted by Crippen LogP contribution is -2.62. The number of carbonyl (C=O) groups excluding carboxylic acids is 9. The molecule has 4 rings (SSSR count). The third-order valence-electron chi connectivity index (χ3n) is 15.2. The number of hydrogen-bond donors (Lipinski definition) is 4. The van der Waals surface area contributed by atoms with Crippen molar-refractivity contribution < 1.29 is 70.9 Å². The average Bonchev–Trinajstić information content (AvgIpc) is 4.10. The van der Waals surface area contributed by atoms with E-state index in [0.29, 0.717) is 30.6 Å². The summed E-state index contributed by atoms with van der Waals surface area (Å²) in [6, 6.07) is -2.35. The van der Waals surface area contributed by atoms with Crippen molar-refractivity contribution in [2.45, 2.75) is 188 Å². The number of Topliss-reactive ketones (excluding diaryl/α,β-unsaturated/α-hetero) is 1. The first-order chi connectivity index (χ1) is 36.4. The highest BCUT2D eigenvalue weighted by Gasteiger charge is 2.46. The summed E-state index contributed by atoms with van der Waals surface area (Å²) in [7, 11) is 0.443. The molecular formula is C55H87N7O15S. The number of ether oxygens (including phenoxy) is 3. The number of ketones is 1. The van der Waals surface area contributed by atoms with Crippen LogP contribution in [0.4, 0.5) is 0 Å². The lowest BCUT2D eigenvalue weighted by atomic mass is 9.91. The molecule has 22 nitrogen and oxygen atoms in total. The predicted octanol–water partition coefficient (Wildman–Crippen LogP) is 2.37. The lowest BCUT2D eigenvalue weighted by Gasteiger charge is -2.36. The van der Waals surface area contributed by atoms with E-state index in [-0.39, 0.29) is 57.0 Å². The standard InChI is InChI=1S/C55H87N7O15S/c1-15-33(8)45-43(63)29-44(64)77-48(32(6)7)47(65)34(9)49(66)56-38(26-30(2)3)52(69)61-24-16-18-39(61)53(70)60(12)42(28-36-20-22-37(75-13)23-21-36)55(72)76-35(10)46(51(68)57-45)58-50(67)41(27-31(4)5)59(11)54(71)40-19-17-25-62(40)78(14,73)74/h20-23,30-35,38-43,45-46,48,63H,15-19,24-29H2,1-14H3,(H,56,66)(H,57,68)(H,58,67)/t33-,34-,35+,38-,39-,40?,41+,42-,43-,45+,46-,48-/m0/s1. The number of carbonyl (C=O) groups is 9. The van der Waals surface area contributed by atoms with E-state index in [4.69, 9.17) is 14.2 Å². The van der Waals surface area contributed by atoms with Gasteiger partial charge in [-0.1, -0.05) is 73.9 Å². The Bertz CT molecular complexity index is 2420. The van der Waals surface area contributed by atoms with Crippen LogP contribution in [0.25, 0.3) is 0 Å². The molecule has 3 saturated heterocycles. The van der Waals surface area contributed by atoms with Crippen molar-refractivity contribution in [2.24, 2.45) is 29.6 Å². The number of nitrogens with zero attached hydrogens (tertiary/aromatic N) is 4. The van der Waals surface area contributed by atoms with Crippen LogP contribution in [0.5, 0.6) is 5.75 Å². The van der Waals surface area contributed by atoms with Crippen molar-refractivity contribution in [2.75, 3.05) is 40.6 Å². The number of sulfonamides is 1. The number of hydrogen-bond acceptors (Lipinski definition) is 15. The number of likely N-dealkylation sites (N-methyl/N-ethyl adjacent to an activating group) is 2. The fourth-order valence-corrected chi connectivity index (χ4v) is 11.5. The molecule has 0 aromatic heterocycles. The number of cyclic esters (lactones) is 2. The molecule has 12 atom stereocenters. The van der Waals surface area contributed by atoms with E-state index >= 15 is 0 Å². The predicted molar refractivity (Wildman–Crippen MR) is 288 cm³/mol. The molecule has 438 valence electrons. The Morgan fingerprint density at radius 1 is 0.885 bits per heavy atom. The van der Waals surface area contributed by atoms with E-state index in [9.17, 15) is 56.7 Å². The van der Waals surface area contributed by atoms with E-state index in [2.05, 4.69) is 16.0 Å². The zero-order valence-corrected chi connectivity index (χ0v) is 48.9. The van der Waals surface area contributed by atoms with Crippen molar-refractivity contribution in [1.82, 2.24) is 35.0 Å². The summed E-state index contributed by atoms with van der Waals surface area (Å²) >= 11 is 0. The van der Waals surface area contributed by atoms with Gasteiger partial charge in [-0.05, 0) is 93.7 Å². The van der Waals surface area contributed by atoms with E-state index in [1.807, 2.05) is 27.7 Å². The molecule has 1 aromatic carbocycles. The highest BCUT2D eigenvalue weighted by molar-refractivity contribution is 7.88. The van der Waals surface area contributed by atoms with Crippen molar-refractivity contribution in [3.05, 3.63) is 29.8 Å². The minimum atomic E-state index is -3.81. The number of benzene rings is 1. The lowest BCUT2D eigenvalue weighted by molar-refractivity contribution is -0.163. The first kappa shape index (κ1) is 64.8. The van der Waals surface area contributed by atoms with Crippen LogP contribution in [0, 0.1) is 29.6 Å². The zero-order chi connectivity index (χ0) is 58.7. The van der Waals surface area contributed by atoms with Gasteiger partial charge in [0, 0.05) is 33.6 Å². The number of methoxy groups -OCH3 is 1. The molecule has 3 fully saturated rings. The second kappa shape index (κ2) is 28.5. The van der Waals surface area contributed by atoms with E-state index in [0.717, 1.165) is 15.5 Å². The second-order valence-electron chi connectivity index (χ2n) is 22.6. The Balaban J connectivity index is 1.89. The summed E-state index contributed by atoms with van der Waals surface area (Å²) in [5.41, 5.74) is 0.567. The molecule has 6 amide bonds. The van der Waals surface area contributed by atoms with Gasteiger partial charge >= 0.3 is 11.9 Å². The van der Waals surface area contributed by atoms with Gasteiger partial charge in [0.2, 0.25) is 45.5 Å². The number of esters is 2. The van der Waals surface area contributed by atoms with Crippen molar-refractivity contribution in [1.29, 1.82) is 0 Å². The minimum absolute atomic E-state index is 0.0527. The molecule has 0 bridgehead atoms. The molecule has 0 spiro atoms. The average molecular weight is 1120 g/mol. The van der Waals surface area contributed by atoms with Gasteiger partial charge in [0.25, 0.3) is 0 Å². The highest BCUT2D eigenvalue weighted by atomic mass is 32.2. The monoisotopic (exact) mass is 1120 g/mol. The smallest absolute Gasteiger partial charge is 0.329 e. The van der Waals surface area contributed by atoms with Gasteiger partial charge in [0.1, 0.15) is 48.1 Å². The number of aliphatic hydroxyl groups is 1. The summed E-state index contributed by atoms with van der Waals surface area (Å²) in [5.74, 6) is -9.76. The van der Waals surface area contributed by atoms with Gasteiger partial charge in [0.15, 0.2) is 11.9 Å². The fourth-order valence-electron chi connectivity index (χ4n) is 10.4. The number of fused-ring (bicyclic) bond motifs is 1. The van der Waals surface area contributed by atoms with Gasteiger partial charge < -0.3 is 50.0 Å². The molecule has 1 unspecified atom stereocenters. The molecule has 0 radical (unpaired) electrons. The van der Waals surface area contributed by atoms with Crippen LogP contribution >= 0.6 is 0 Å².